The molecule has 1 heterocycles. The third-order valence-corrected chi connectivity index (χ3v) is 2.80. The normalized spacial score (nSPS) is 19.9. The van der Waals surface area contributed by atoms with Gasteiger partial charge in [0.2, 0.25) is 5.91 Å². The summed E-state index contributed by atoms with van der Waals surface area (Å²) >= 11 is 0. The number of carbonyl (C=O) groups excluding carboxylic acids is 1. The van der Waals surface area contributed by atoms with Gasteiger partial charge in [0.25, 0.3) is 0 Å². The zero-order valence-electron chi connectivity index (χ0n) is 10.3. The SMILES string of the molecule is CCCOCCC(=O)NCC[C@H]1CCCN1. The first kappa shape index (κ1) is 13.5. The summed E-state index contributed by atoms with van der Waals surface area (Å²) in [6.45, 7) is 5.27. The van der Waals surface area contributed by atoms with Crippen molar-refractivity contribution < 1.29 is 9.53 Å². The first-order chi connectivity index (χ1) is 7.83. The van der Waals surface area contributed by atoms with Crippen molar-refractivity contribution >= 4 is 5.91 Å². The van der Waals surface area contributed by atoms with Gasteiger partial charge in [-0.3, -0.25) is 4.79 Å². The monoisotopic (exact) mass is 228 g/mol. The lowest BCUT2D eigenvalue weighted by molar-refractivity contribution is -0.122. The first-order valence-corrected chi connectivity index (χ1v) is 6.40. The van der Waals surface area contributed by atoms with Crippen LogP contribution in [0, 0.1) is 0 Å². The van der Waals surface area contributed by atoms with Crippen LogP contribution in [0.25, 0.3) is 0 Å². The Hall–Kier alpha value is -0.610. The van der Waals surface area contributed by atoms with Gasteiger partial charge in [-0.2, -0.15) is 0 Å². The summed E-state index contributed by atoms with van der Waals surface area (Å²) in [5, 5.41) is 6.34. The van der Waals surface area contributed by atoms with Crippen LogP contribution in [0.1, 0.15) is 39.0 Å². The Labute approximate surface area is 98.1 Å². The molecule has 1 saturated heterocycles. The quantitative estimate of drug-likeness (QED) is 0.611. The van der Waals surface area contributed by atoms with Crippen LogP contribution < -0.4 is 10.6 Å². The molecule has 1 atom stereocenters. The highest BCUT2D eigenvalue weighted by molar-refractivity contribution is 5.75. The highest BCUT2D eigenvalue weighted by atomic mass is 16.5. The fourth-order valence-electron chi connectivity index (χ4n) is 1.89. The van der Waals surface area contributed by atoms with E-state index in [-0.39, 0.29) is 5.91 Å². The summed E-state index contributed by atoms with van der Waals surface area (Å²) in [6, 6.07) is 0.608. The van der Waals surface area contributed by atoms with Crippen molar-refractivity contribution in [2.45, 2.75) is 45.1 Å². The van der Waals surface area contributed by atoms with Gasteiger partial charge in [-0.1, -0.05) is 6.92 Å². The molecular formula is C12H24N2O2. The third-order valence-electron chi connectivity index (χ3n) is 2.80. The lowest BCUT2D eigenvalue weighted by Crippen LogP contribution is -2.31. The summed E-state index contributed by atoms with van der Waals surface area (Å²) in [6.07, 6.45) is 5.05. The van der Waals surface area contributed by atoms with E-state index in [0.29, 0.717) is 19.1 Å². The molecule has 0 saturated carbocycles. The van der Waals surface area contributed by atoms with Gasteiger partial charge in [0.15, 0.2) is 0 Å². The predicted octanol–water partition coefficient (Wildman–Crippen LogP) is 1.06. The van der Waals surface area contributed by atoms with E-state index in [1.165, 1.54) is 12.8 Å². The van der Waals surface area contributed by atoms with E-state index < -0.39 is 0 Å². The minimum atomic E-state index is 0.106. The number of hydrogen-bond donors (Lipinski definition) is 2. The Morgan fingerprint density at radius 2 is 2.38 bits per heavy atom. The molecule has 0 aromatic heterocycles. The molecule has 0 bridgehead atoms. The van der Waals surface area contributed by atoms with Crippen LogP contribution in [0.15, 0.2) is 0 Å². The van der Waals surface area contributed by atoms with Crippen molar-refractivity contribution in [3.63, 3.8) is 0 Å². The summed E-state index contributed by atoms with van der Waals surface area (Å²) in [5.41, 5.74) is 0. The van der Waals surface area contributed by atoms with E-state index in [1.807, 2.05) is 0 Å². The van der Waals surface area contributed by atoms with E-state index >= 15 is 0 Å². The van der Waals surface area contributed by atoms with Crippen LogP contribution in [-0.4, -0.2) is 38.3 Å². The molecule has 0 unspecified atom stereocenters. The van der Waals surface area contributed by atoms with Crippen molar-refractivity contribution in [2.75, 3.05) is 26.3 Å². The number of nitrogens with one attached hydrogen (secondary N) is 2. The fraction of sp³-hybridized carbons (Fsp3) is 0.917. The predicted molar refractivity (Wildman–Crippen MR) is 64.4 cm³/mol. The molecule has 0 radical (unpaired) electrons. The molecule has 0 spiro atoms. The van der Waals surface area contributed by atoms with Crippen molar-refractivity contribution in [2.24, 2.45) is 0 Å². The Morgan fingerprint density at radius 3 is 3.06 bits per heavy atom. The molecular weight excluding hydrogens is 204 g/mol. The molecule has 0 aliphatic carbocycles. The second-order valence-electron chi connectivity index (χ2n) is 4.29. The number of amides is 1. The van der Waals surface area contributed by atoms with Gasteiger partial charge in [0.05, 0.1) is 6.61 Å². The zero-order chi connectivity index (χ0) is 11.6. The maximum atomic E-state index is 11.4. The van der Waals surface area contributed by atoms with Gasteiger partial charge in [-0.25, -0.2) is 0 Å². The van der Waals surface area contributed by atoms with Gasteiger partial charge >= 0.3 is 0 Å². The lowest BCUT2D eigenvalue weighted by atomic mass is 10.1. The number of hydrogen-bond acceptors (Lipinski definition) is 3. The number of rotatable bonds is 8. The largest absolute Gasteiger partial charge is 0.381 e. The third kappa shape index (κ3) is 6.08. The molecule has 1 amide bonds. The van der Waals surface area contributed by atoms with E-state index in [0.717, 1.165) is 32.5 Å². The molecule has 0 aromatic rings. The molecule has 0 aromatic carbocycles. The molecule has 2 N–H and O–H groups in total. The minimum Gasteiger partial charge on any atom is -0.381 e. The topological polar surface area (TPSA) is 50.4 Å². The smallest absolute Gasteiger partial charge is 0.222 e. The maximum absolute atomic E-state index is 11.4. The van der Waals surface area contributed by atoms with Gasteiger partial charge < -0.3 is 15.4 Å². The minimum absolute atomic E-state index is 0.106. The summed E-state index contributed by atoms with van der Waals surface area (Å²) in [4.78, 5) is 11.4. The van der Waals surface area contributed by atoms with Crippen molar-refractivity contribution in [1.82, 2.24) is 10.6 Å². The first-order valence-electron chi connectivity index (χ1n) is 6.40. The highest BCUT2D eigenvalue weighted by Gasteiger charge is 2.13. The highest BCUT2D eigenvalue weighted by Crippen LogP contribution is 2.07. The van der Waals surface area contributed by atoms with Gasteiger partial charge in [0.1, 0.15) is 0 Å². The Morgan fingerprint density at radius 1 is 1.50 bits per heavy atom. The van der Waals surface area contributed by atoms with Gasteiger partial charge in [-0.05, 0) is 32.2 Å². The van der Waals surface area contributed by atoms with Crippen molar-refractivity contribution in [1.29, 1.82) is 0 Å². The van der Waals surface area contributed by atoms with E-state index in [4.69, 9.17) is 4.74 Å². The Bertz CT molecular complexity index is 191. The van der Waals surface area contributed by atoms with E-state index in [2.05, 4.69) is 17.6 Å². The molecule has 4 heteroatoms. The van der Waals surface area contributed by atoms with Crippen LogP contribution in [0.5, 0.6) is 0 Å². The average molecular weight is 228 g/mol. The molecule has 1 aliphatic rings. The second-order valence-corrected chi connectivity index (χ2v) is 4.29. The number of carbonyl (C=O) groups is 1. The standard InChI is InChI=1S/C12H24N2O2/c1-2-9-16-10-6-12(15)14-8-5-11-4-3-7-13-11/h11,13H,2-10H2,1H3,(H,14,15)/t11-/m1/s1. The second kappa shape index (κ2) is 8.53. The van der Waals surface area contributed by atoms with Crippen LogP contribution in [-0.2, 0) is 9.53 Å². The van der Waals surface area contributed by atoms with Crippen LogP contribution >= 0.6 is 0 Å². The number of ether oxygens (including phenoxy) is 1. The summed E-state index contributed by atoms with van der Waals surface area (Å²) in [5.74, 6) is 0.106. The van der Waals surface area contributed by atoms with E-state index in [1.54, 1.807) is 0 Å². The summed E-state index contributed by atoms with van der Waals surface area (Å²) < 4.78 is 5.26. The van der Waals surface area contributed by atoms with Crippen LogP contribution in [0.4, 0.5) is 0 Å². The van der Waals surface area contributed by atoms with Gasteiger partial charge in [-0.15, -0.1) is 0 Å². The van der Waals surface area contributed by atoms with Crippen LogP contribution in [0.2, 0.25) is 0 Å². The van der Waals surface area contributed by atoms with Crippen LogP contribution in [0.3, 0.4) is 0 Å². The fourth-order valence-corrected chi connectivity index (χ4v) is 1.89. The molecule has 1 fully saturated rings. The van der Waals surface area contributed by atoms with Gasteiger partial charge in [0, 0.05) is 25.6 Å². The molecule has 1 aliphatic heterocycles. The Balaban J connectivity index is 1.89. The molecule has 94 valence electrons. The van der Waals surface area contributed by atoms with E-state index in [9.17, 15) is 4.79 Å². The average Bonchev–Trinajstić information content (AvgIpc) is 2.77. The van der Waals surface area contributed by atoms with Crippen molar-refractivity contribution in [3.8, 4) is 0 Å². The summed E-state index contributed by atoms with van der Waals surface area (Å²) in [7, 11) is 0. The molecule has 16 heavy (non-hydrogen) atoms. The zero-order valence-corrected chi connectivity index (χ0v) is 10.3. The lowest BCUT2D eigenvalue weighted by Gasteiger charge is -2.10. The molecule has 4 nitrogen and oxygen atoms in total. The maximum Gasteiger partial charge on any atom is 0.222 e. The molecule has 1 rings (SSSR count). The van der Waals surface area contributed by atoms with Crippen molar-refractivity contribution in [3.05, 3.63) is 0 Å². The Kier molecular flexibility index (Phi) is 7.17.